The molecule has 4 aliphatic rings. The Bertz CT molecular complexity index is 748. The van der Waals surface area contributed by atoms with Crippen molar-refractivity contribution in [3.63, 3.8) is 0 Å². The van der Waals surface area contributed by atoms with Crippen LogP contribution in [0.5, 0.6) is 0 Å². The summed E-state index contributed by atoms with van der Waals surface area (Å²) < 4.78 is 0. The Balaban J connectivity index is 1.70. The minimum atomic E-state index is -0.124. The molecule has 3 nitrogen and oxygen atoms in total. The largest absolute Gasteiger partial charge is 0.299 e. The molecular weight excluding hydrogens is 344 g/mol. The molecule has 4 aliphatic carbocycles. The Hall–Kier alpha value is -1.16. The molecule has 0 amide bonds. The predicted molar refractivity (Wildman–Crippen MR) is 104 cm³/mol. The Morgan fingerprint density at radius 3 is 2.62 bits per heavy atom. The van der Waals surface area contributed by atoms with E-state index >= 15 is 0 Å². The molecule has 0 aromatic heterocycles. The normalized spacial score (nSPS) is 41.7. The lowest BCUT2D eigenvalue weighted by atomic mass is 9.47. The molecule has 5 atom stereocenters. The van der Waals surface area contributed by atoms with Crippen molar-refractivity contribution in [3.8, 4) is 0 Å². The molecule has 0 aromatic carbocycles. The van der Waals surface area contributed by atoms with Gasteiger partial charge in [0.2, 0.25) is 0 Å². The molecule has 0 aliphatic heterocycles. The molecular formula is C22H28O3S. The van der Waals surface area contributed by atoms with Gasteiger partial charge in [-0.25, -0.2) is 0 Å². The number of Topliss-reactive ketones (excluding diaryl/α,β-unsaturated/α-hetero) is 1. The fourth-order valence-corrected chi connectivity index (χ4v) is 7.31. The van der Waals surface area contributed by atoms with E-state index in [-0.39, 0.29) is 21.7 Å². The van der Waals surface area contributed by atoms with Crippen LogP contribution in [0.2, 0.25) is 0 Å². The van der Waals surface area contributed by atoms with Crippen LogP contribution in [0.15, 0.2) is 23.3 Å². The maximum Gasteiger partial charge on any atom is 0.186 e. The summed E-state index contributed by atoms with van der Waals surface area (Å²) in [5, 5.41) is 0.100. The van der Waals surface area contributed by atoms with Gasteiger partial charge < -0.3 is 0 Å². The number of thioether (sulfide) groups is 1. The molecule has 4 rings (SSSR count). The Kier molecular flexibility index (Phi) is 4.33. The van der Waals surface area contributed by atoms with Crippen LogP contribution in [-0.4, -0.2) is 22.4 Å². The zero-order chi connectivity index (χ0) is 18.7. The molecule has 0 N–H and O–H groups in total. The fourth-order valence-electron chi connectivity index (χ4n) is 6.57. The molecule has 0 unspecified atom stereocenters. The summed E-state index contributed by atoms with van der Waals surface area (Å²) in [5.74, 6) is 2.69. The third-order valence-corrected chi connectivity index (χ3v) is 8.89. The van der Waals surface area contributed by atoms with E-state index in [0.717, 1.165) is 44.1 Å². The summed E-state index contributed by atoms with van der Waals surface area (Å²) in [5.41, 5.74) is 2.15. The number of allylic oxidation sites excluding steroid dienone is 3. The smallest absolute Gasteiger partial charge is 0.186 e. The first-order chi connectivity index (χ1) is 12.3. The third kappa shape index (κ3) is 2.51. The monoisotopic (exact) mass is 372 g/mol. The zero-order valence-corrected chi connectivity index (χ0v) is 16.8. The number of hydrogen-bond acceptors (Lipinski definition) is 4. The number of ketones is 2. The van der Waals surface area contributed by atoms with Crippen LogP contribution in [0.3, 0.4) is 0 Å². The van der Waals surface area contributed by atoms with Crippen molar-refractivity contribution in [1.82, 2.24) is 0 Å². The van der Waals surface area contributed by atoms with Crippen LogP contribution in [-0.2, 0) is 14.4 Å². The van der Waals surface area contributed by atoms with Crippen LogP contribution >= 0.6 is 11.8 Å². The summed E-state index contributed by atoms with van der Waals surface area (Å²) in [4.78, 5) is 36.3. The molecule has 0 aromatic rings. The van der Waals surface area contributed by atoms with Crippen LogP contribution < -0.4 is 0 Å². The van der Waals surface area contributed by atoms with Gasteiger partial charge in [-0.3, -0.25) is 14.4 Å². The quantitative estimate of drug-likeness (QED) is 0.715. The maximum atomic E-state index is 12.5. The lowest BCUT2D eigenvalue weighted by Crippen LogP contribution is -2.51. The van der Waals surface area contributed by atoms with Crippen LogP contribution in [0.25, 0.3) is 0 Å². The number of rotatable bonds is 2. The van der Waals surface area contributed by atoms with E-state index in [2.05, 4.69) is 13.8 Å². The summed E-state index contributed by atoms with van der Waals surface area (Å²) >= 11 is 1.31. The predicted octanol–water partition coefficient (Wildman–Crippen LogP) is 4.51. The van der Waals surface area contributed by atoms with Gasteiger partial charge in [-0.1, -0.05) is 31.2 Å². The minimum absolute atomic E-state index is 0.0757. The SMILES string of the molecule is CC(=O)SCC1=CC(=O)C=C2CC[C@@H]3[C@H](CC[C@]4(C)C(=O)CC[C@@H]34)[C@]21C. The van der Waals surface area contributed by atoms with Crippen molar-refractivity contribution in [1.29, 1.82) is 0 Å². The van der Waals surface area contributed by atoms with Gasteiger partial charge in [0.15, 0.2) is 10.9 Å². The third-order valence-electron chi connectivity index (χ3n) is 8.03. The zero-order valence-electron chi connectivity index (χ0n) is 16.0. The average molecular weight is 373 g/mol. The first kappa shape index (κ1) is 18.2. The van der Waals surface area contributed by atoms with Gasteiger partial charge in [-0.15, -0.1) is 0 Å². The lowest BCUT2D eigenvalue weighted by Gasteiger charge is -2.57. The van der Waals surface area contributed by atoms with Gasteiger partial charge in [-0.2, -0.15) is 0 Å². The van der Waals surface area contributed by atoms with Crippen molar-refractivity contribution < 1.29 is 14.4 Å². The van der Waals surface area contributed by atoms with Crippen molar-refractivity contribution in [2.75, 3.05) is 5.75 Å². The number of fused-ring (bicyclic) bond motifs is 5. The van der Waals surface area contributed by atoms with Gasteiger partial charge >= 0.3 is 0 Å². The summed E-state index contributed by atoms with van der Waals surface area (Å²) in [6.45, 7) is 6.09. The van der Waals surface area contributed by atoms with E-state index < -0.39 is 0 Å². The topological polar surface area (TPSA) is 51.2 Å². The van der Waals surface area contributed by atoms with Crippen molar-refractivity contribution >= 4 is 28.4 Å². The van der Waals surface area contributed by atoms with Crippen LogP contribution in [0, 0.1) is 28.6 Å². The second kappa shape index (κ2) is 6.19. The van der Waals surface area contributed by atoms with E-state index in [9.17, 15) is 14.4 Å². The molecule has 0 bridgehead atoms. The maximum absolute atomic E-state index is 12.5. The van der Waals surface area contributed by atoms with Gasteiger partial charge in [0.05, 0.1) is 0 Å². The standard InChI is InChI=1S/C22H28O3S/c1-13(23)26-12-15-11-16(24)10-14-4-5-17-18-6-7-20(25)21(18,2)9-8-19(17)22(14,15)3/h10-11,17-19H,4-9,12H2,1-3H3/t17-,18-,19-,21-,22+/m0/s1. The van der Waals surface area contributed by atoms with Crippen molar-refractivity contribution in [2.24, 2.45) is 28.6 Å². The highest BCUT2D eigenvalue weighted by atomic mass is 32.2. The van der Waals surface area contributed by atoms with Gasteiger partial charge in [0.25, 0.3) is 0 Å². The van der Waals surface area contributed by atoms with Crippen LogP contribution in [0.4, 0.5) is 0 Å². The fraction of sp³-hybridized carbons (Fsp3) is 0.682. The van der Waals surface area contributed by atoms with E-state index in [1.165, 1.54) is 17.3 Å². The van der Waals surface area contributed by atoms with E-state index in [0.29, 0.717) is 29.3 Å². The highest BCUT2D eigenvalue weighted by Crippen LogP contribution is 2.65. The molecule has 4 heteroatoms. The molecule has 140 valence electrons. The molecule has 0 saturated heterocycles. The molecule has 0 radical (unpaired) electrons. The van der Waals surface area contributed by atoms with E-state index in [4.69, 9.17) is 0 Å². The summed E-state index contributed by atoms with van der Waals surface area (Å²) in [7, 11) is 0. The van der Waals surface area contributed by atoms with E-state index in [1.807, 2.05) is 6.08 Å². The Morgan fingerprint density at radius 1 is 1.12 bits per heavy atom. The number of hydrogen-bond donors (Lipinski definition) is 0. The van der Waals surface area contributed by atoms with Crippen molar-refractivity contribution in [2.45, 2.75) is 59.3 Å². The van der Waals surface area contributed by atoms with E-state index in [1.54, 1.807) is 13.0 Å². The first-order valence-corrected chi connectivity index (χ1v) is 10.9. The highest BCUT2D eigenvalue weighted by Gasteiger charge is 2.59. The van der Waals surface area contributed by atoms with Crippen LogP contribution in [0.1, 0.15) is 59.3 Å². The molecule has 26 heavy (non-hydrogen) atoms. The number of carbonyl (C=O) groups excluding carboxylic acids is 3. The average Bonchev–Trinajstić information content (AvgIpc) is 2.89. The lowest BCUT2D eigenvalue weighted by molar-refractivity contribution is -0.131. The second-order valence-corrected chi connectivity index (χ2v) is 10.2. The Labute approximate surface area is 160 Å². The molecule has 0 heterocycles. The van der Waals surface area contributed by atoms with Gasteiger partial charge in [0.1, 0.15) is 5.78 Å². The first-order valence-electron chi connectivity index (χ1n) is 9.89. The Morgan fingerprint density at radius 2 is 1.88 bits per heavy atom. The molecule has 3 saturated carbocycles. The molecule has 0 spiro atoms. The highest BCUT2D eigenvalue weighted by molar-refractivity contribution is 8.13. The van der Waals surface area contributed by atoms with Gasteiger partial charge in [-0.05, 0) is 67.6 Å². The molecule has 3 fully saturated rings. The summed E-state index contributed by atoms with van der Waals surface area (Å²) in [6.07, 6.45) is 9.49. The number of carbonyl (C=O) groups is 3. The summed E-state index contributed by atoms with van der Waals surface area (Å²) in [6, 6.07) is 0. The minimum Gasteiger partial charge on any atom is -0.299 e. The van der Waals surface area contributed by atoms with Crippen molar-refractivity contribution in [3.05, 3.63) is 23.3 Å². The second-order valence-electron chi connectivity index (χ2n) is 9.06. The van der Waals surface area contributed by atoms with Gasteiger partial charge in [0, 0.05) is 29.9 Å².